The fourth-order valence-corrected chi connectivity index (χ4v) is 8.50. The average molecular weight is 974 g/mol. The van der Waals surface area contributed by atoms with E-state index in [0.717, 1.165) is 86.1 Å². The van der Waals surface area contributed by atoms with Gasteiger partial charge in [0.2, 0.25) is 0 Å². The number of esters is 2. The number of rotatable bonds is 14. The average Bonchev–Trinajstić information content (AvgIpc) is 3.24. The number of benzene rings is 4. The van der Waals surface area contributed by atoms with E-state index in [2.05, 4.69) is 95.4 Å². The zero-order chi connectivity index (χ0) is 49.4. The van der Waals surface area contributed by atoms with Gasteiger partial charge in [-0.2, -0.15) is 0 Å². The van der Waals surface area contributed by atoms with Crippen LogP contribution < -0.4 is 20.5 Å². The maximum atomic E-state index is 11.8. The molecule has 69 heavy (non-hydrogen) atoms. The molecule has 1 atom stereocenters. The van der Waals surface area contributed by atoms with E-state index in [-0.39, 0.29) is 48.9 Å². The molecule has 0 spiro atoms. The van der Waals surface area contributed by atoms with Gasteiger partial charge in [0.25, 0.3) is 0 Å². The van der Waals surface area contributed by atoms with Crippen LogP contribution in [0.1, 0.15) is 177 Å². The number of hydrogen-bond donors (Lipinski definition) is 2. The summed E-state index contributed by atoms with van der Waals surface area (Å²) in [6.07, 6.45) is 14.2. The molecule has 4 aromatic carbocycles. The van der Waals surface area contributed by atoms with E-state index in [4.69, 9.17) is 24.7 Å². The van der Waals surface area contributed by atoms with Crippen LogP contribution >= 0.6 is 12.4 Å². The number of nitrogens with two attached hydrogens (primary N) is 1. The molecule has 0 unspecified atom stereocenters. The van der Waals surface area contributed by atoms with Gasteiger partial charge in [0.1, 0.15) is 35.1 Å². The second-order valence-electron chi connectivity index (χ2n) is 22.5. The lowest BCUT2D eigenvalue weighted by molar-refractivity contribution is -0.156. The van der Waals surface area contributed by atoms with Crippen LogP contribution in [0.25, 0.3) is 21.5 Å². The highest BCUT2D eigenvalue weighted by atomic mass is 35.5. The van der Waals surface area contributed by atoms with Gasteiger partial charge in [0.15, 0.2) is 0 Å². The van der Waals surface area contributed by atoms with Gasteiger partial charge in [-0.3, -0.25) is 14.4 Å². The van der Waals surface area contributed by atoms with Crippen molar-refractivity contribution in [2.24, 2.45) is 22.5 Å². The lowest BCUT2D eigenvalue weighted by Crippen LogP contribution is -2.30. The molecular formula is C59H89ClN2O7. The summed E-state index contributed by atoms with van der Waals surface area (Å²) in [5.41, 5.74) is 8.62. The largest absolute Gasteiger partial charge is 0.490 e. The van der Waals surface area contributed by atoms with Gasteiger partial charge in [0.05, 0.1) is 6.10 Å². The first-order valence-electron chi connectivity index (χ1n) is 24.8. The second kappa shape index (κ2) is 27.8. The minimum atomic E-state index is -0.413. The van der Waals surface area contributed by atoms with Crippen molar-refractivity contribution in [3.05, 3.63) is 95.6 Å². The number of allylic oxidation sites excluding steroid dienone is 1. The summed E-state index contributed by atoms with van der Waals surface area (Å²) in [5.74, 6) is 2.40. The van der Waals surface area contributed by atoms with E-state index in [9.17, 15) is 14.4 Å². The Bertz CT molecular complexity index is 2230. The Morgan fingerprint density at radius 3 is 1.65 bits per heavy atom. The number of carbonyl (C=O) groups is 3. The topological polar surface area (TPSA) is 126 Å². The van der Waals surface area contributed by atoms with Crippen LogP contribution in [0, 0.1) is 16.7 Å². The van der Waals surface area contributed by atoms with Gasteiger partial charge in [-0.15, -0.1) is 12.4 Å². The molecular weight excluding hydrogens is 884 g/mol. The van der Waals surface area contributed by atoms with Crippen molar-refractivity contribution in [1.82, 2.24) is 5.32 Å². The first kappa shape index (κ1) is 60.7. The quantitative estimate of drug-likeness (QED) is 0.0550. The Labute approximate surface area is 422 Å². The zero-order valence-electron chi connectivity index (χ0n) is 43.6. The summed E-state index contributed by atoms with van der Waals surface area (Å²) in [6.45, 7) is 27.3. The molecule has 0 saturated heterocycles. The predicted octanol–water partition coefficient (Wildman–Crippen LogP) is 14.7. The SMILES string of the molecule is C.CC(C)(C)C1CCC(Oc2ccc3cc(C=O)ccc3c2)CC1.CC(C)(C)OC(=O)CCCN.CC(C)(C)OC(=O)CCCNCc1ccc2cc(O[C@@H]3CC=C(C(C)(C)C)CC3)ccc2c1.Cl. The van der Waals surface area contributed by atoms with E-state index >= 15 is 0 Å². The predicted molar refractivity (Wildman–Crippen MR) is 290 cm³/mol. The molecule has 1 fully saturated rings. The molecule has 2 aliphatic carbocycles. The molecule has 3 N–H and O–H groups in total. The van der Waals surface area contributed by atoms with Crippen molar-refractivity contribution in [2.75, 3.05) is 13.1 Å². The maximum absolute atomic E-state index is 11.8. The molecule has 1 saturated carbocycles. The van der Waals surface area contributed by atoms with Crippen molar-refractivity contribution in [3.63, 3.8) is 0 Å². The Balaban J connectivity index is 0.000000394. The van der Waals surface area contributed by atoms with Gasteiger partial charge in [-0.1, -0.05) is 97.0 Å². The molecule has 9 nitrogen and oxygen atoms in total. The van der Waals surface area contributed by atoms with E-state index in [1.807, 2.05) is 71.9 Å². The number of ether oxygens (including phenoxy) is 4. The minimum absolute atomic E-state index is 0. The molecule has 384 valence electrons. The molecule has 0 amide bonds. The first-order chi connectivity index (χ1) is 31.4. The van der Waals surface area contributed by atoms with Gasteiger partial charge in [0, 0.05) is 31.4 Å². The molecule has 2 aliphatic rings. The highest BCUT2D eigenvalue weighted by Crippen LogP contribution is 2.39. The van der Waals surface area contributed by atoms with Crippen LogP contribution in [0.2, 0.25) is 0 Å². The van der Waals surface area contributed by atoms with Crippen LogP contribution in [-0.4, -0.2) is 54.7 Å². The Morgan fingerprint density at radius 1 is 0.652 bits per heavy atom. The Hall–Kier alpha value is -4.44. The van der Waals surface area contributed by atoms with Gasteiger partial charge >= 0.3 is 11.9 Å². The number of halogens is 1. The Morgan fingerprint density at radius 2 is 1.16 bits per heavy atom. The number of nitrogens with one attached hydrogen (secondary N) is 1. The van der Waals surface area contributed by atoms with Crippen LogP contribution in [0.15, 0.2) is 84.4 Å². The number of carbonyl (C=O) groups excluding carboxylic acids is 3. The first-order valence-corrected chi connectivity index (χ1v) is 24.8. The standard InChI is InChI=1S/C29H41NO3.C21H26O2.C8H17NO2.CH4.ClH/c1-28(2,3)24-12-15-25(16-13-24)32-26-14-11-22-18-21(9-10-23(22)19-26)20-30-17-7-8-27(31)33-29(4,5)6;1-21(2,3)18-7-10-19(11-8-18)23-20-9-6-16-12-15(14-22)4-5-17(16)13-20;1-8(2,3)11-7(10)5-4-6-9;;/h9-12,14,18-19,25,30H,7-8,13,15-17,20H2,1-6H3;4-6,9,12-14,18-19H,7-8,10-11H2,1-3H3;4-6,9H2,1-3H3;1H4;1H/t25-;;;;/m1..../s1. The summed E-state index contributed by atoms with van der Waals surface area (Å²) in [6, 6.07) is 24.8. The van der Waals surface area contributed by atoms with E-state index in [0.29, 0.717) is 42.9 Å². The van der Waals surface area contributed by atoms with Gasteiger partial charge < -0.3 is 30.0 Å². The van der Waals surface area contributed by atoms with E-state index < -0.39 is 5.60 Å². The molecule has 0 aromatic heterocycles. The molecule has 4 aromatic rings. The molecule has 0 aliphatic heterocycles. The van der Waals surface area contributed by atoms with Crippen LogP contribution in [0.4, 0.5) is 0 Å². The third kappa shape index (κ3) is 22.5. The highest BCUT2D eigenvalue weighted by Gasteiger charge is 2.30. The smallest absolute Gasteiger partial charge is 0.306 e. The fourth-order valence-electron chi connectivity index (χ4n) is 8.50. The molecule has 6 rings (SSSR count). The lowest BCUT2D eigenvalue weighted by Gasteiger charge is -2.37. The zero-order valence-corrected chi connectivity index (χ0v) is 44.4. The molecule has 0 radical (unpaired) electrons. The van der Waals surface area contributed by atoms with Crippen molar-refractivity contribution >= 4 is 52.2 Å². The third-order valence-corrected chi connectivity index (χ3v) is 12.2. The van der Waals surface area contributed by atoms with E-state index in [1.54, 1.807) is 5.57 Å². The van der Waals surface area contributed by atoms with Crippen LogP contribution in [0.3, 0.4) is 0 Å². The highest BCUT2D eigenvalue weighted by molar-refractivity contribution is 5.89. The molecule has 0 bridgehead atoms. The summed E-state index contributed by atoms with van der Waals surface area (Å²) in [5, 5.41) is 8.04. The van der Waals surface area contributed by atoms with Crippen LogP contribution in [-0.2, 0) is 25.6 Å². The monoisotopic (exact) mass is 973 g/mol. The Kier molecular flexibility index (Phi) is 24.5. The molecule has 0 heterocycles. The summed E-state index contributed by atoms with van der Waals surface area (Å²) in [4.78, 5) is 33.6. The number of hydrogen-bond acceptors (Lipinski definition) is 9. The van der Waals surface area contributed by atoms with Crippen molar-refractivity contribution < 1.29 is 33.3 Å². The normalized spacial score (nSPS) is 17.3. The van der Waals surface area contributed by atoms with Crippen molar-refractivity contribution in [1.29, 1.82) is 0 Å². The minimum Gasteiger partial charge on any atom is -0.490 e. The van der Waals surface area contributed by atoms with Crippen LogP contribution in [0.5, 0.6) is 11.5 Å². The second-order valence-corrected chi connectivity index (χ2v) is 22.5. The summed E-state index contributed by atoms with van der Waals surface area (Å²) >= 11 is 0. The summed E-state index contributed by atoms with van der Waals surface area (Å²) in [7, 11) is 0. The summed E-state index contributed by atoms with van der Waals surface area (Å²) < 4.78 is 22.9. The molecule has 10 heteroatoms. The maximum Gasteiger partial charge on any atom is 0.306 e. The van der Waals surface area contributed by atoms with Gasteiger partial charge in [-0.25, -0.2) is 0 Å². The number of aldehydes is 1. The van der Waals surface area contributed by atoms with Crippen molar-refractivity contribution in [2.45, 2.75) is 191 Å². The third-order valence-electron chi connectivity index (χ3n) is 12.2. The number of fused-ring (bicyclic) bond motifs is 2. The van der Waals surface area contributed by atoms with Crippen molar-refractivity contribution in [3.8, 4) is 11.5 Å². The van der Waals surface area contributed by atoms with Gasteiger partial charge in [-0.05, 0) is 186 Å². The lowest BCUT2D eigenvalue weighted by atomic mass is 9.72. The fraction of sp³-hybridized carbons (Fsp3) is 0.576. The van der Waals surface area contributed by atoms with E-state index in [1.165, 1.54) is 29.2 Å².